The number of aromatic nitrogens is 3. The third kappa shape index (κ3) is 3.14. The molecule has 0 amide bonds. The maximum atomic E-state index is 12.5. The number of nitrogens with zero attached hydrogens (tertiary/aromatic N) is 5. The van der Waals surface area contributed by atoms with E-state index in [4.69, 9.17) is 0 Å². The number of hydrogen-bond acceptors (Lipinski definition) is 6. The van der Waals surface area contributed by atoms with E-state index in [2.05, 4.69) is 15.0 Å². The molecular formula is C14H19N5O2S2. The monoisotopic (exact) mass is 353 g/mol. The van der Waals surface area contributed by atoms with Gasteiger partial charge < -0.3 is 0 Å². The molecular weight excluding hydrogens is 334 g/mol. The maximum absolute atomic E-state index is 12.5. The van der Waals surface area contributed by atoms with Gasteiger partial charge in [-0.05, 0) is 25.8 Å². The molecule has 23 heavy (non-hydrogen) atoms. The molecule has 0 bridgehead atoms. The number of thiazole rings is 1. The molecule has 0 spiro atoms. The molecule has 9 heteroatoms. The van der Waals surface area contributed by atoms with Gasteiger partial charge in [-0.15, -0.1) is 11.3 Å². The molecule has 2 aromatic heterocycles. The van der Waals surface area contributed by atoms with Crippen molar-refractivity contribution in [2.45, 2.75) is 25.8 Å². The smallest absolute Gasteiger partial charge is 0.243 e. The van der Waals surface area contributed by atoms with E-state index in [0.29, 0.717) is 12.4 Å². The van der Waals surface area contributed by atoms with Gasteiger partial charge in [-0.25, -0.2) is 15.0 Å². The first-order valence-corrected chi connectivity index (χ1v) is 9.62. The standard InChI is InChI=1S/C14H19N5O2S2/c1-10-9-11(14-15-6-8-22-14)17-13(16-10)12-5-4-7-19(12)23(20,21)18(2)3/h6,8-9,12H,4-5,7H2,1-3H3/t12-/m1/s1. The highest BCUT2D eigenvalue weighted by Gasteiger charge is 2.38. The van der Waals surface area contributed by atoms with Crippen molar-refractivity contribution in [2.24, 2.45) is 0 Å². The van der Waals surface area contributed by atoms with E-state index < -0.39 is 10.2 Å². The van der Waals surface area contributed by atoms with Crippen molar-refractivity contribution in [1.82, 2.24) is 23.6 Å². The Hall–Kier alpha value is -1.42. The van der Waals surface area contributed by atoms with E-state index in [1.165, 1.54) is 19.9 Å². The van der Waals surface area contributed by atoms with Gasteiger partial charge in [-0.2, -0.15) is 17.0 Å². The SMILES string of the molecule is Cc1cc(-c2nccs2)nc([C@H]2CCCN2S(=O)(=O)N(C)C)n1. The molecule has 124 valence electrons. The van der Waals surface area contributed by atoms with E-state index >= 15 is 0 Å². The van der Waals surface area contributed by atoms with Crippen LogP contribution in [0.15, 0.2) is 17.6 Å². The fourth-order valence-corrected chi connectivity index (χ4v) is 4.58. The Kier molecular flexibility index (Phi) is 4.45. The third-order valence-corrected chi connectivity index (χ3v) is 6.53. The normalized spacial score (nSPS) is 19.6. The number of aryl methyl sites for hydroxylation is 1. The minimum atomic E-state index is -3.48. The largest absolute Gasteiger partial charge is 0.282 e. The summed E-state index contributed by atoms with van der Waals surface area (Å²) < 4.78 is 27.7. The molecule has 2 aromatic rings. The van der Waals surface area contributed by atoms with Crippen molar-refractivity contribution >= 4 is 21.5 Å². The van der Waals surface area contributed by atoms with Crippen molar-refractivity contribution in [3.8, 4) is 10.7 Å². The topological polar surface area (TPSA) is 79.3 Å². The molecule has 0 radical (unpaired) electrons. The molecule has 1 aliphatic rings. The van der Waals surface area contributed by atoms with Crippen LogP contribution in [0.4, 0.5) is 0 Å². The van der Waals surface area contributed by atoms with Gasteiger partial charge in [0.05, 0.1) is 6.04 Å². The quantitative estimate of drug-likeness (QED) is 0.838. The van der Waals surface area contributed by atoms with Gasteiger partial charge in [0.1, 0.15) is 16.5 Å². The number of hydrogen-bond donors (Lipinski definition) is 0. The average Bonchev–Trinajstić information content (AvgIpc) is 3.18. The highest BCUT2D eigenvalue weighted by molar-refractivity contribution is 7.86. The van der Waals surface area contributed by atoms with Crippen LogP contribution < -0.4 is 0 Å². The van der Waals surface area contributed by atoms with E-state index in [0.717, 1.165) is 29.2 Å². The van der Waals surface area contributed by atoms with Crippen molar-refractivity contribution in [1.29, 1.82) is 0 Å². The van der Waals surface area contributed by atoms with Crippen LogP contribution in [-0.2, 0) is 10.2 Å². The Bertz CT molecular complexity index is 790. The molecule has 0 aromatic carbocycles. The summed E-state index contributed by atoms with van der Waals surface area (Å²) in [6, 6.07) is 1.56. The zero-order chi connectivity index (χ0) is 16.6. The Balaban J connectivity index is 2.01. The molecule has 0 N–H and O–H groups in total. The second-order valence-corrected chi connectivity index (χ2v) is 8.64. The lowest BCUT2D eigenvalue weighted by atomic mass is 10.2. The second kappa shape index (κ2) is 6.23. The summed E-state index contributed by atoms with van der Waals surface area (Å²) in [7, 11) is -0.391. The van der Waals surface area contributed by atoms with Crippen LogP contribution in [0.25, 0.3) is 10.7 Å². The van der Waals surface area contributed by atoms with Crippen LogP contribution >= 0.6 is 11.3 Å². The minimum absolute atomic E-state index is 0.319. The van der Waals surface area contributed by atoms with Gasteiger partial charge in [0.2, 0.25) is 0 Å². The molecule has 1 atom stereocenters. The summed E-state index contributed by atoms with van der Waals surface area (Å²) >= 11 is 1.51. The predicted octanol–water partition coefficient (Wildman–Crippen LogP) is 1.85. The third-order valence-electron chi connectivity index (χ3n) is 3.78. The van der Waals surface area contributed by atoms with E-state index in [1.54, 1.807) is 20.3 Å². The summed E-state index contributed by atoms with van der Waals surface area (Å²) in [6.07, 6.45) is 3.27. The zero-order valence-electron chi connectivity index (χ0n) is 13.3. The molecule has 1 aliphatic heterocycles. The first kappa shape index (κ1) is 16.4. The minimum Gasteiger partial charge on any atom is -0.243 e. The van der Waals surface area contributed by atoms with E-state index in [9.17, 15) is 8.42 Å². The van der Waals surface area contributed by atoms with Crippen molar-refractivity contribution in [2.75, 3.05) is 20.6 Å². The van der Waals surface area contributed by atoms with Gasteiger partial charge in [0.25, 0.3) is 10.2 Å². The fourth-order valence-electron chi connectivity index (χ4n) is 2.68. The van der Waals surface area contributed by atoms with E-state index in [1.807, 2.05) is 18.4 Å². The van der Waals surface area contributed by atoms with Crippen LogP contribution in [0, 0.1) is 6.92 Å². The van der Waals surface area contributed by atoms with Crippen LogP contribution in [0.3, 0.4) is 0 Å². The molecule has 7 nitrogen and oxygen atoms in total. The molecule has 3 rings (SSSR count). The van der Waals surface area contributed by atoms with Gasteiger partial charge in [0, 0.05) is 37.9 Å². The summed E-state index contributed by atoms with van der Waals surface area (Å²) in [4.78, 5) is 13.4. The first-order chi connectivity index (χ1) is 10.9. The molecule has 0 unspecified atom stereocenters. The van der Waals surface area contributed by atoms with Crippen molar-refractivity contribution in [3.63, 3.8) is 0 Å². The summed E-state index contributed by atoms with van der Waals surface area (Å²) in [6.45, 7) is 2.39. The maximum Gasteiger partial charge on any atom is 0.282 e. The van der Waals surface area contributed by atoms with Gasteiger partial charge >= 0.3 is 0 Å². The first-order valence-electron chi connectivity index (χ1n) is 7.34. The lowest BCUT2D eigenvalue weighted by Gasteiger charge is -2.26. The summed E-state index contributed by atoms with van der Waals surface area (Å²) in [5, 5.41) is 2.71. The lowest BCUT2D eigenvalue weighted by molar-refractivity contribution is 0.352. The van der Waals surface area contributed by atoms with Crippen LogP contribution in [0.5, 0.6) is 0 Å². The second-order valence-electron chi connectivity index (χ2n) is 5.65. The molecule has 3 heterocycles. The summed E-state index contributed by atoms with van der Waals surface area (Å²) in [5.41, 5.74) is 1.56. The lowest BCUT2D eigenvalue weighted by Crippen LogP contribution is -2.40. The Labute approximate surface area is 140 Å². The Morgan fingerprint density at radius 2 is 2.13 bits per heavy atom. The van der Waals surface area contributed by atoms with Gasteiger partial charge in [-0.1, -0.05) is 0 Å². The predicted molar refractivity (Wildman–Crippen MR) is 89.2 cm³/mol. The van der Waals surface area contributed by atoms with E-state index in [-0.39, 0.29) is 6.04 Å². The Morgan fingerprint density at radius 1 is 1.35 bits per heavy atom. The van der Waals surface area contributed by atoms with Crippen LogP contribution in [0.2, 0.25) is 0 Å². The highest BCUT2D eigenvalue weighted by Crippen LogP contribution is 2.34. The zero-order valence-corrected chi connectivity index (χ0v) is 14.9. The molecule has 0 aliphatic carbocycles. The van der Waals surface area contributed by atoms with Gasteiger partial charge in [-0.3, -0.25) is 0 Å². The Morgan fingerprint density at radius 3 is 2.78 bits per heavy atom. The van der Waals surface area contributed by atoms with Crippen LogP contribution in [0.1, 0.15) is 30.4 Å². The van der Waals surface area contributed by atoms with Crippen molar-refractivity contribution in [3.05, 3.63) is 29.2 Å². The molecule has 1 fully saturated rings. The molecule has 0 saturated carbocycles. The fraction of sp³-hybridized carbons (Fsp3) is 0.500. The van der Waals surface area contributed by atoms with Crippen LogP contribution in [-0.4, -0.2) is 52.6 Å². The highest BCUT2D eigenvalue weighted by atomic mass is 32.2. The summed E-state index contributed by atoms with van der Waals surface area (Å²) in [5.74, 6) is 0.554. The molecule has 1 saturated heterocycles. The average molecular weight is 353 g/mol. The number of rotatable bonds is 4. The van der Waals surface area contributed by atoms with Crippen molar-refractivity contribution < 1.29 is 8.42 Å². The van der Waals surface area contributed by atoms with Gasteiger partial charge in [0.15, 0.2) is 0 Å².